The van der Waals surface area contributed by atoms with Crippen molar-refractivity contribution in [3.8, 4) is 0 Å². The Morgan fingerprint density at radius 3 is 2.75 bits per heavy atom. The first-order valence-corrected chi connectivity index (χ1v) is 8.54. The molecule has 124 valence electrons. The molecule has 0 amide bonds. The van der Waals surface area contributed by atoms with E-state index < -0.39 is 0 Å². The third-order valence-electron chi connectivity index (χ3n) is 4.72. The van der Waals surface area contributed by atoms with Gasteiger partial charge in [-0.15, -0.1) is 0 Å². The van der Waals surface area contributed by atoms with Gasteiger partial charge in [-0.05, 0) is 32.8 Å². The molecular weight excluding hydrogens is 300 g/mol. The summed E-state index contributed by atoms with van der Waals surface area (Å²) in [4.78, 5) is 11.1. The molecule has 1 aromatic carbocycles. The Morgan fingerprint density at radius 2 is 1.96 bits per heavy atom. The summed E-state index contributed by atoms with van der Waals surface area (Å²) in [6.07, 6.45) is 4.11. The molecule has 0 radical (unpaired) electrons. The number of aryl methyl sites for hydroxylation is 1. The predicted molar refractivity (Wildman–Crippen MR) is 96.5 cm³/mol. The first kappa shape index (κ1) is 15.0. The first-order valence-electron chi connectivity index (χ1n) is 8.54. The van der Waals surface area contributed by atoms with Gasteiger partial charge in [0.1, 0.15) is 29.3 Å². The molecular formula is C19H22N4O. The molecule has 1 aliphatic rings. The zero-order valence-electron chi connectivity index (χ0n) is 14.1. The highest BCUT2D eigenvalue weighted by Gasteiger charge is 2.18. The molecule has 0 aliphatic carbocycles. The topological polar surface area (TPSA) is 54.2 Å². The normalized spacial score (nSPS) is 15.8. The lowest BCUT2D eigenvalue weighted by Gasteiger charge is -2.18. The van der Waals surface area contributed by atoms with Crippen molar-refractivity contribution in [1.29, 1.82) is 0 Å². The van der Waals surface area contributed by atoms with Gasteiger partial charge in [0.25, 0.3) is 0 Å². The molecule has 1 fully saturated rings. The molecule has 3 heterocycles. The van der Waals surface area contributed by atoms with E-state index in [-0.39, 0.29) is 6.04 Å². The van der Waals surface area contributed by atoms with Crippen LogP contribution in [0.15, 0.2) is 41.1 Å². The van der Waals surface area contributed by atoms with Crippen LogP contribution in [0.3, 0.4) is 0 Å². The second-order valence-electron chi connectivity index (χ2n) is 6.41. The van der Waals surface area contributed by atoms with Crippen LogP contribution < -0.4 is 10.2 Å². The molecule has 2 aromatic heterocycles. The number of hydrogen-bond acceptors (Lipinski definition) is 5. The van der Waals surface area contributed by atoms with Crippen molar-refractivity contribution in [2.24, 2.45) is 0 Å². The fraction of sp³-hybridized carbons (Fsp3) is 0.368. The largest absolute Gasteiger partial charge is 0.459 e. The van der Waals surface area contributed by atoms with Gasteiger partial charge in [-0.1, -0.05) is 18.2 Å². The lowest BCUT2D eigenvalue weighted by molar-refractivity contribution is 0.521. The van der Waals surface area contributed by atoms with Crippen LogP contribution >= 0.6 is 0 Å². The Hall–Kier alpha value is -2.56. The number of para-hydroxylation sites is 1. The number of benzene rings is 1. The van der Waals surface area contributed by atoms with E-state index in [0.29, 0.717) is 0 Å². The van der Waals surface area contributed by atoms with Crippen molar-refractivity contribution in [2.75, 3.05) is 23.3 Å². The van der Waals surface area contributed by atoms with Gasteiger partial charge in [0, 0.05) is 30.1 Å². The average Bonchev–Trinajstić information content (AvgIpc) is 3.24. The smallest absolute Gasteiger partial charge is 0.134 e. The van der Waals surface area contributed by atoms with Crippen LogP contribution in [0.1, 0.15) is 37.1 Å². The maximum atomic E-state index is 6.05. The van der Waals surface area contributed by atoms with Gasteiger partial charge in [-0.3, -0.25) is 0 Å². The van der Waals surface area contributed by atoms with E-state index in [1.54, 1.807) is 6.33 Å². The summed E-state index contributed by atoms with van der Waals surface area (Å²) in [7, 11) is 0. The molecule has 4 rings (SSSR count). The number of rotatable bonds is 4. The number of nitrogens with zero attached hydrogens (tertiary/aromatic N) is 3. The van der Waals surface area contributed by atoms with Crippen LogP contribution in [0.2, 0.25) is 0 Å². The van der Waals surface area contributed by atoms with E-state index in [0.717, 1.165) is 36.1 Å². The maximum absolute atomic E-state index is 6.05. The van der Waals surface area contributed by atoms with Gasteiger partial charge in [0.2, 0.25) is 0 Å². The lowest BCUT2D eigenvalue weighted by atomic mass is 10.1. The van der Waals surface area contributed by atoms with Crippen LogP contribution in [0.25, 0.3) is 11.0 Å². The van der Waals surface area contributed by atoms with Crippen LogP contribution in [0, 0.1) is 6.92 Å². The van der Waals surface area contributed by atoms with E-state index in [4.69, 9.17) is 4.42 Å². The van der Waals surface area contributed by atoms with E-state index in [2.05, 4.69) is 40.1 Å². The molecule has 3 aromatic rings. The van der Waals surface area contributed by atoms with Gasteiger partial charge in [-0.25, -0.2) is 9.97 Å². The number of nitrogens with one attached hydrogen (secondary N) is 1. The highest BCUT2D eigenvalue weighted by Crippen LogP contribution is 2.31. The zero-order chi connectivity index (χ0) is 16.5. The fourth-order valence-corrected chi connectivity index (χ4v) is 3.44. The summed E-state index contributed by atoms with van der Waals surface area (Å²) in [5.41, 5.74) is 2.11. The molecule has 24 heavy (non-hydrogen) atoms. The standard InChI is InChI=1S/C19H22N4O/c1-13-15-7-3-4-8-16(15)24-19(13)14(2)22-17-11-18(21-12-20-17)23-9-5-6-10-23/h3-4,7-8,11-12,14H,5-6,9-10H2,1-2H3,(H,20,21,22)/t14-/m0/s1. The number of aromatic nitrogens is 2. The number of furan rings is 1. The molecule has 1 aliphatic heterocycles. The van der Waals surface area contributed by atoms with Crippen molar-refractivity contribution in [2.45, 2.75) is 32.7 Å². The number of anilines is 2. The lowest BCUT2D eigenvalue weighted by Crippen LogP contribution is -2.19. The third kappa shape index (κ3) is 2.70. The zero-order valence-corrected chi connectivity index (χ0v) is 14.1. The van der Waals surface area contributed by atoms with Crippen molar-refractivity contribution in [3.05, 3.63) is 48.0 Å². The van der Waals surface area contributed by atoms with Crippen molar-refractivity contribution in [1.82, 2.24) is 9.97 Å². The Morgan fingerprint density at radius 1 is 1.17 bits per heavy atom. The van der Waals surface area contributed by atoms with E-state index in [1.807, 2.05) is 24.3 Å². The van der Waals surface area contributed by atoms with Gasteiger partial charge in [-0.2, -0.15) is 0 Å². The Bertz CT molecular complexity index is 851. The Labute approximate surface area is 141 Å². The van der Waals surface area contributed by atoms with Crippen molar-refractivity contribution in [3.63, 3.8) is 0 Å². The summed E-state index contributed by atoms with van der Waals surface area (Å²) >= 11 is 0. The summed E-state index contributed by atoms with van der Waals surface area (Å²) < 4.78 is 6.05. The van der Waals surface area contributed by atoms with Crippen LogP contribution in [-0.4, -0.2) is 23.1 Å². The Kier molecular flexibility index (Phi) is 3.84. The molecule has 5 nitrogen and oxygen atoms in total. The second-order valence-corrected chi connectivity index (χ2v) is 6.41. The molecule has 1 saturated heterocycles. The van der Waals surface area contributed by atoms with E-state index in [9.17, 15) is 0 Å². The van der Waals surface area contributed by atoms with Crippen LogP contribution in [0.5, 0.6) is 0 Å². The summed E-state index contributed by atoms with van der Waals surface area (Å²) in [6.45, 7) is 6.36. The number of hydrogen-bond donors (Lipinski definition) is 1. The second kappa shape index (κ2) is 6.15. The maximum Gasteiger partial charge on any atom is 0.134 e. The predicted octanol–water partition coefficient (Wildman–Crippen LogP) is 4.30. The molecule has 1 N–H and O–H groups in total. The van der Waals surface area contributed by atoms with Gasteiger partial charge >= 0.3 is 0 Å². The molecule has 0 bridgehead atoms. The molecule has 0 saturated carbocycles. The average molecular weight is 322 g/mol. The molecule has 5 heteroatoms. The van der Waals surface area contributed by atoms with Crippen molar-refractivity contribution < 1.29 is 4.42 Å². The number of fused-ring (bicyclic) bond motifs is 1. The first-order chi connectivity index (χ1) is 11.7. The minimum atomic E-state index is 0.0405. The SMILES string of the molecule is Cc1c([C@H](C)Nc2cc(N3CCCC3)ncn2)oc2ccccc12. The van der Waals surface area contributed by atoms with Gasteiger partial charge < -0.3 is 14.6 Å². The minimum Gasteiger partial charge on any atom is -0.459 e. The van der Waals surface area contributed by atoms with E-state index in [1.165, 1.54) is 23.8 Å². The van der Waals surface area contributed by atoms with Crippen LogP contribution in [-0.2, 0) is 0 Å². The van der Waals surface area contributed by atoms with E-state index >= 15 is 0 Å². The Balaban J connectivity index is 1.58. The molecule has 0 unspecified atom stereocenters. The van der Waals surface area contributed by atoms with Crippen molar-refractivity contribution >= 4 is 22.6 Å². The summed E-state index contributed by atoms with van der Waals surface area (Å²) in [5.74, 6) is 2.79. The molecule has 1 atom stereocenters. The highest BCUT2D eigenvalue weighted by molar-refractivity contribution is 5.82. The van der Waals surface area contributed by atoms with Gasteiger partial charge in [0.15, 0.2) is 0 Å². The summed E-state index contributed by atoms with van der Waals surface area (Å²) in [6, 6.07) is 10.2. The van der Waals surface area contributed by atoms with Crippen LogP contribution in [0.4, 0.5) is 11.6 Å². The monoisotopic (exact) mass is 322 g/mol. The quantitative estimate of drug-likeness (QED) is 0.776. The highest BCUT2D eigenvalue weighted by atomic mass is 16.3. The van der Waals surface area contributed by atoms with Gasteiger partial charge in [0.05, 0.1) is 6.04 Å². The molecule has 0 spiro atoms. The summed E-state index contributed by atoms with van der Waals surface area (Å²) in [5, 5.41) is 4.62. The minimum absolute atomic E-state index is 0.0405. The third-order valence-corrected chi connectivity index (χ3v) is 4.72. The fourth-order valence-electron chi connectivity index (χ4n) is 3.44.